The lowest BCUT2D eigenvalue weighted by molar-refractivity contribution is -0.258. The van der Waals surface area contributed by atoms with Crippen LogP contribution in [0, 0.1) is 0 Å². The summed E-state index contributed by atoms with van der Waals surface area (Å²) in [6, 6.07) is -0.881. The van der Waals surface area contributed by atoms with Crippen LogP contribution in [0.25, 0.3) is 0 Å². The Kier molecular flexibility index (Phi) is 2.99. The largest absolute Gasteiger partial charge is 0.394 e. The molecule has 6 N–H and O–H groups in total. The molecule has 1 rings (SSSR count). The minimum Gasteiger partial charge on any atom is -0.394 e. The summed E-state index contributed by atoms with van der Waals surface area (Å²) in [4.78, 5) is 0. The van der Waals surface area contributed by atoms with Gasteiger partial charge >= 0.3 is 0 Å². The second-order valence-electron chi connectivity index (χ2n) is 2.81. The molecule has 1 heterocycles. The first-order valence-electron chi connectivity index (χ1n) is 3.64. The number of hydrogen-bond acceptors (Lipinski definition) is 6. The molecular formula is C6H13NO5. The zero-order chi connectivity index (χ0) is 9.30. The van der Waals surface area contributed by atoms with Gasteiger partial charge in [0.1, 0.15) is 18.3 Å². The van der Waals surface area contributed by atoms with Crippen LogP contribution in [0.5, 0.6) is 0 Å². The van der Waals surface area contributed by atoms with Gasteiger partial charge in [0.25, 0.3) is 0 Å². The second-order valence-corrected chi connectivity index (χ2v) is 2.81. The smallest absolute Gasteiger partial charge is 0.183 e. The van der Waals surface area contributed by atoms with Crippen molar-refractivity contribution < 1.29 is 25.2 Å². The molecule has 0 bridgehead atoms. The standard InChI is InChI=1S/C6H13NO5/c7-3-2(1-8)12-6(11)5(10)4(3)9/h2-6,8-11H,1,7H2/t2?,3-,4?,5?,6+/m1/s1. The van der Waals surface area contributed by atoms with Crippen LogP contribution in [0.4, 0.5) is 0 Å². The van der Waals surface area contributed by atoms with E-state index in [0.717, 1.165) is 0 Å². The van der Waals surface area contributed by atoms with Crippen LogP contribution in [0.15, 0.2) is 0 Å². The monoisotopic (exact) mass is 179 g/mol. The molecule has 0 spiro atoms. The number of hydrogen-bond donors (Lipinski definition) is 5. The predicted molar refractivity (Wildman–Crippen MR) is 38.0 cm³/mol. The minimum absolute atomic E-state index is 0.401. The fourth-order valence-electron chi connectivity index (χ4n) is 1.13. The minimum atomic E-state index is -1.49. The summed E-state index contributed by atoms with van der Waals surface area (Å²) in [6.07, 6.45) is -5.01. The SMILES string of the molecule is N[C@@H]1C(CO)O[C@H](O)C(O)C1O. The molecule has 0 aromatic rings. The molecule has 1 aliphatic heterocycles. The van der Waals surface area contributed by atoms with Crippen molar-refractivity contribution in [2.45, 2.75) is 30.6 Å². The topological polar surface area (TPSA) is 116 Å². The van der Waals surface area contributed by atoms with Crippen LogP contribution in [-0.4, -0.2) is 57.7 Å². The Morgan fingerprint density at radius 3 is 2.25 bits per heavy atom. The van der Waals surface area contributed by atoms with E-state index in [2.05, 4.69) is 0 Å². The molecule has 0 saturated carbocycles. The third kappa shape index (κ3) is 1.58. The molecule has 0 amide bonds. The molecule has 1 fully saturated rings. The lowest BCUT2D eigenvalue weighted by atomic mass is 9.98. The van der Waals surface area contributed by atoms with Gasteiger partial charge in [0, 0.05) is 0 Å². The quantitative estimate of drug-likeness (QED) is 0.288. The lowest BCUT2D eigenvalue weighted by Crippen LogP contribution is -2.61. The summed E-state index contributed by atoms with van der Waals surface area (Å²) in [5.41, 5.74) is 5.38. The Morgan fingerprint density at radius 2 is 1.75 bits per heavy atom. The van der Waals surface area contributed by atoms with Crippen LogP contribution in [-0.2, 0) is 4.74 Å². The average molecular weight is 179 g/mol. The number of nitrogens with two attached hydrogens (primary N) is 1. The summed E-state index contributed by atoms with van der Waals surface area (Å²) in [7, 11) is 0. The van der Waals surface area contributed by atoms with Gasteiger partial charge in [-0.3, -0.25) is 0 Å². The van der Waals surface area contributed by atoms with Gasteiger partial charge in [-0.1, -0.05) is 0 Å². The van der Waals surface area contributed by atoms with Crippen LogP contribution < -0.4 is 5.73 Å². The molecule has 3 unspecified atom stereocenters. The van der Waals surface area contributed by atoms with Gasteiger partial charge in [-0.05, 0) is 0 Å². The van der Waals surface area contributed by atoms with Crippen molar-refractivity contribution in [3.63, 3.8) is 0 Å². The van der Waals surface area contributed by atoms with Gasteiger partial charge < -0.3 is 30.9 Å². The van der Waals surface area contributed by atoms with Crippen LogP contribution in [0.1, 0.15) is 0 Å². The van der Waals surface area contributed by atoms with Crippen LogP contribution in [0.3, 0.4) is 0 Å². The molecule has 12 heavy (non-hydrogen) atoms. The lowest BCUT2D eigenvalue weighted by Gasteiger charge is -2.38. The van der Waals surface area contributed by atoms with Gasteiger partial charge in [0.2, 0.25) is 0 Å². The second kappa shape index (κ2) is 3.65. The van der Waals surface area contributed by atoms with Crippen molar-refractivity contribution in [1.29, 1.82) is 0 Å². The summed E-state index contributed by atoms with van der Waals surface area (Å²) in [6.45, 7) is -0.401. The number of ether oxygens (including phenoxy) is 1. The van der Waals surface area contributed by atoms with Gasteiger partial charge in [-0.25, -0.2) is 0 Å². The van der Waals surface area contributed by atoms with E-state index in [-0.39, 0.29) is 0 Å². The predicted octanol–water partition coefficient (Wildman–Crippen LogP) is -3.25. The van der Waals surface area contributed by atoms with E-state index in [9.17, 15) is 5.11 Å². The first kappa shape index (κ1) is 9.85. The maximum absolute atomic E-state index is 9.19. The highest BCUT2D eigenvalue weighted by Gasteiger charge is 2.41. The van der Waals surface area contributed by atoms with Crippen molar-refractivity contribution in [3.8, 4) is 0 Å². The molecule has 1 aliphatic rings. The number of aliphatic hydroxyl groups is 4. The van der Waals surface area contributed by atoms with E-state index in [0.29, 0.717) is 0 Å². The van der Waals surface area contributed by atoms with Crippen LogP contribution >= 0.6 is 0 Å². The maximum atomic E-state index is 9.19. The van der Waals surface area contributed by atoms with Crippen molar-refractivity contribution in [2.75, 3.05) is 6.61 Å². The Bertz CT molecular complexity index is 150. The molecule has 0 radical (unpaired) electrons. The highest BCUT2D eigenvalue weighted by Crippen LogP contribution is 2.17. The third-order valence-electron chi connectivity index (χ3n) is 1.96. The van der Waals surface area contributed by atoms with E-state index < -0.39 is 37.3 Å². The maximum Gasteiger partial charge on any atom is 0.183 e. The normalized spacial score (nSPS) is 49.2. The van der Waals surface area contributed by atoms with Gasteiger partial charge in [0.05, 0.1) is 12.6 Å². The van der Waals surface area contributed by atoms with E-state index in [1.54, 1.807) is 0 Å². The molecular weight excluding hydrogens is 166 g/mol. The Hall–Kier alpha value is -0.240. The molecule has 1 saturated heterocycles. The molecule has 0 aliphatic carbocycles. The third-order valence-corrected chi connectivity index (χ3v) is 1.96. The van der Waals surface area contributed by atoms with Gasteiger partial charge in [-0.2, -0.15) is 0 Å². The summed E-state index contributed by atoms with van der Waals surface area (Å²) < 4.78 is 4.70. The summed E-state index contributed by atoms with van der Waals surface area (Å²) in [5, 5.41) is 35.9. The highest BCUT2D eigenvalue weighted by molar-refractivity contribution is 4.90. The number of rotatable bonds is 1. The number of aliphatic hydroxyl groups excluding tert-OH is 4. The van der Waals surface area contributed by atoms with Crippen molar-refractivity contribution >= 4 is 0 Å². The zero-order valence-corrected chi connectivity index (χ0v) is 6.37. The van der Waals surface area contributed by atoms with E-state index in [1.165, 1.54) is 0 Å². The Morgan fingerprint density at radius 1 is 1.17 bits per heavy atom. The average Bonchev–Trinajstić information content (AvgIpc) is 2.08. The first-order valence-corrected chi connectivity index (χ1v) is 3.64. The fourth-order valence-corrected chi connectivity index (χ4v) is 1.13. The Balaban J connectivity index is 2.63. The fraction of sp³-hybridized carbons (Fsp3) is 1.00. The van der Waals surface area contributed by atoms with E-state index >= 15 is 0 Å². The van der Waals surface area contributed by atoms with Gasteiger partial charge in [-0.15, -0.1) is 0 Å². The van der Waals surface area contributed by atoms with Crippen molar-refractivity contribution in [1.82, 2.24) is 0 Å². The van der Waals surface area contributed by atoms with Crippen LogP contribution in [0.2, 0.25) is 0 Å². The molecule has 6 nitrogen and oxygen atoms in total. The molecule has 0 aromatic carbocycles. The van der Waals surface area contributed by atoms with E-state index in [1.807, 2.05) is 0 Å². The highest BCUT2D eigenvalue weighted by atomic mass is 16.6. The van der Waals surface area contributed by atoms with Crippen molar-refractivity contribution in [3.05, 3.63) is 0 Å². The van der Waals surface area contributed by atoms with E-state index in [4.69, 9.17) is 25.8 Å². The molecule has 6 heteroatoms. The molecule has 0 aromatic heterocycles. The first-order chi connectivity index (χ1) is 5.57. The zero-order valence-electron chi connectivity index (χ0n) is 6.37. The van der Waals surface area contributed by atoms with Gasteiger partial charge in [0.15, 0.2) is 6.29 Å². The summed E-state index contributed by atoms with van der Waals surface area (Å²) >= 11 is 0. The summed E-state index contributed by atoms with van der Waals surface area (Å²) in [5.74, 6) is 0. The molecule has 72 valence electrons. The van der Waals surface area contributed by atoms with Crippen molar-refractivity contribution in [2.24, 2.45) is 5.73 Å². The molecule has 5 atom stereocenters. The Labute approximate surface area is 69.2 Å².